The zero-order valence-corrected chi connectivity index (χ0v) is 10.2. The second-order valence-electron chi connectivity index (χ2n) is 3.33. The standard InChI is InChI=1S/C9H8BBrClNO2/c1-13-8-4-7(12)6(11)2-5(8)3-9(13)10(14)15/h2-4,14-15H,1H3. The van der Waals surface area contributed by atoms with E-state index in [4.69, 9.17) is 21.6 Å². The highest BCUT2D eigenvalue weighted by Gasteiger charge is 2.17. The molecule has 0 fully saturated rings. The Morgan fingerprint density at radius 1 is 1.33 bits per heavy atom. The fraction of sp³-hybridized carbons (Fsp3) is 0.111. The SMILES string of the molecule is Cn1c(B(O)O)cc2cc(Br)c(Cl)cc21. The van der Waals surface area contributed by atoms with Gasteiger partial charge < -0.3 is 14.6 Å². The third-order valence-electron chi connectivity index (χ3n) is 2.39. The first-order valence-corrected chi connectivity index (χ1v) is 5.48. The lowest BCUT2D eigenvalue weighted by atomic mass is 9.86. The molecule has 15 heavy (non-hydrogen) atoms. The van der Waals surface area contributed by atoms with Crippen LogP contribution in [0.3, 0.4) is 0 Å². The normalized spacial score (nSPS) is 11.0. The lowest BCUT2D eigenvalue weighted by molar-refractivity contribution is 0.423. The number of benzene rings is 1. The number of hydrogen-bond acceptors (Lipinski definition) is 2. The lowest BCUT2D eigenvalue weighted by Gasteiger charge is -2.02. The first-order chi connectivity index (χ1) is 7.00. The van der Waals surface area contributed by atoms with E-state index in [2.05, 4.69) is 15.9 Å². The Morgan fingerprint density at radius 3 is 2.60 bits per heavy atom. The Balaban J connectivity index is 2.77. The number of halogens is 2. The summed E-state index contributed by atoms with van der Waals surface area (Å²) in [5.41, 5.74) is 1.31. The van der Waals surface area contributed by atoms with E-state index in [0.29, 0.717) is 10.6 Å². The molecule has 0 radical (unpaired) electrons. The molecule has 0 saturated carbocycles. The minimum atomic E-state index is -1.47. The van der Waals surface area contributed by atoms with Crippen molar-refractivity contribution < 1.29 is 10.0 Å². The van der Waals surface area contributed by atoms with Crippen molar-refractivity contribution in [3.05, 3.63) is 27.7 Å². The van der Waals surface area contributed by atoms with E-state index >= 15 is 0 Å². The molecule has 0 atom stereocenters. The second kappa shape index (κ2) is 3.83. The van der Waals surface area contributed by atoms with Gasteiger partial charge in [0.25, 0.3) is 0 Å². The maximum Gasteiger partial charge on any atom is 0.505 e. The van der Waals surface area contributed by atoms with Crippen molar-refractivity contribution in [2.45, 2.75) is 0 Å². The summed E-state index contributed by atoms with van der Waals surface area (Å²) in [7, 11) is 0.293. The third kappa shape index (κ3) is 1.80. The topological polar surface area (TPSA) is 45.4 Å². The fourth-order valence-electron chi connectivity index (χ4n) is 1.60. The van der Waals surface area contributed by atoms with Crippen molar-refractivity contribution in [2.24, 2.45) is 7.05 Å². The molecular formula is C9H8BBrClNO2. The molecule has 0 saturated heterocycles. The van der Waals surface area contributed by atoms with Gasteiger partial charge in [0.05, 0.1) is 5.02 Å². The third-order valence-corrected chi connectivity index (χ3v) is 3.58. The molecule has 3 nitrogen and oxygen atoms in total. The molecule has 6 heteroatoms. The number of fused-ring (bicyclic) bond motifs is 1. The van der Waals surface area contributed by atoms with Crippen LogP contribution >= 0.6 is 27.5 Å². The van der Waals surface area contributed by atoms with E-state index < -0.39 is 7.12 Å². The van der Waals surface area contributed by atoms with Crippen molar-refractivity contribution in [3.63, 3.8) is 0 Å². The van der Waals surface area contributed by atoms with Crippen LogP contribution in [-0.4, -0.2) is 21.7 Å². The van der Waals surface area contributed by atoms with Crippen LogP contribution in [0.1, 0.15) is 0 Å². The second-order valence-corrected chi connectivity index (χ2v) is 4.59. The van der Waals surface area contributed by atoms with Gasteiger partial charge >= 0.3 is 7.12 Å². The monoisotopic (exact) mass is 287 g/mol. The summed E-state index contributed by atoms with van der Waals surface area (Å²) in [6, 6.07) is 5.36. The van der Waals surface area contributed by atoms with Crippen molar-refractivity contribution in [1.29, 1.82) is 0 Å². The van der Waals surface area contributed by atoms with Crippen LogP contribution in [0, 0.1) is 0 Å². The van der Waals surface area contributed by atoms with Gasteiger partial charge in [-0.15, -0.1) is 0 Å². The van der Waals surface area contributed by atoms with E-state index in [1.54, 1.807) is 23.7 Å². The van der Waals surface area contributed by atoms with Crippen LogP contribution in [0.4, 0.5) is 0 Å². The number of rotatable bonds is 1. The van der Waals surface area contributed by atoms with Crippen LogP contribution in [0.25, 0.3) is 10.9 Å². The van der Waals surface area contributed by atoms with Gasteiger partial charge in [-0.2, -0.15) is 0 Å². The summed E-state index contributed by atoms with van der Waals surface area (Å²) in [4.78, 5) is 0. The van der Waals surface area contributed by atoms with Gasteiger partial charge in [-0.25, -0.2) is 0 Å². The van der Waals surface area contributed by atoms with E-state index in [0.717, 1.165) is 15.4 Å². The molecule has 0 aliphatic rings. The summed E-state index contributed by atoms with van der Waals surface area (Å²) >= 11 is 9.28. The molecule has 0 aliphatic carbocycles. The molecule has 2 N–H and O–H groups in total. The molecule has 2 rings (SSSR count). The van der Waals surface area contributed by atoms with Crippen LogP contribution in [0.2, 0.25) is 5.02 Å². The first-order valence-electron chi connectivity index (χ1n) is 4.31. The molecule has 1 aromatic heterocycles. The van der Waals surface area contributed by atoms with E-state index in [-0.39, 0.29) is 0 Å². The minimum absolute atomic E-state index is 0.444. The quantitative estimate of drug-likeness (QED) is 0.776. The summed E-state index contributed by atoms with van der Waals surface area (Å²) < 4.78 is 2.50. The smallest absolute Gasteiger partial charge is 0.422 e. The highest BCUT2D eigenvalue weighted by molar-refractivity contribution is 9.10. The molecule has 0 unspecified atom stereocenters. The Hall–Kier alpha value is -0.485. The Morgan fingerprint density at radius 2 is 2.00 bits per heavy atom. The van der Waals surface area contributed by atoms with Crippen molar-refractivity contribution in [2.75, 3.05) is 0 Å². The number of aromatic nitrogens is 1. The molecule has 0 spiro atoms. The fourth-order valence-corrected chi connectivity index (χ4v) is 2.12. The van der Waals surface area contributed by atoms with E-state index in [1.807, 2.05) is 6.07 Å². The average molecular weight is 288 g/mol. The number of aryl methyl sites for hydroxylation is 1. The zero-order chi connectivity index (χ0) is 11.2. The molecule has 0 amide bonds. The predicted molar refractivity (Wildman–Crippen MR) is 65.5 cm³/mol. The number of hydrogen-bond donors (Lipinski definition) is 2. The molecule has 78 valence electrons. The Labute approximate surface area is 101 Å². The maximum absolute atomic E-state index is 9.13. The molecule has 1 heterocycles. The van der Waals surface area contributed by atoms with E-state index in [1.165, 1.54) is 0 Å². The minimum Gasteiger partial charge on any atom is -0.422 e. The number of nitrogens with zero attached hydrogens (tertiary/aromatic N) is 1. The van der Waals surface area contributed by atoms with Gasteiger partial charge in [0.15, 0.2) is 0 Å². The summed E-state index contributed by atoms with van der Waals surface area (Å²) in [6.45, 7) is 0. The largest absolute Gasteiger partial charge is 0.505 e. The first kappa shape index (κ1) is 11.0. The highest BCUT2D eigenvalue weighted by Crippen LogP contribution is 2.27. The highest BCUT2D eigenvalue weighted by atomic mass is 79.9. The molecule has 0 aliphatic heterocycles. The van der Waals surface area contributed by atoms with Crippen LogP contribution in [0.15, 0.2) is 22.7 Å². The molecule has 1 aromatic carbocycles. The maximum atomic E-state index is 9.13. The van der Waals surface area contributed by atoms with Gasteiger partial charge in [0.2, 0.25) is 0 Å². The van der Waals surface area contributed by atoms with Crippen LogP contribution in [0.5, 0.6) is 0 Å². The van der Waals surface area contributed by atoms with E-state index in [9.17, 15) is 0 Å². The average Bonchev–Trinajstić information content (AvgIpc) is 2.46. The summed E-state index contributed by atoms with van der Waals surface area (Å²) in [5, 5.41) is 19.8. The Kier molecular flexibility index (Phi) is 2.81. The van der Waals surface area contributed by atoms with Crippen molar-refractivity contribution in [1.82, 2.24) is 4.57 Å². The van der Waals surface area contributed by atoms with Gasteiger partial charge in [-0.1, -0.05) is 11.6 Å². The Bertz CT molecular complexity index is 526. The molecule has 2 aromatic rings. The zero-order valence-electron chi connectivity index (χ0n) is 7.91. The van der Waals surface area contributed by atoms with Gasteiger partial charge in [0.1, 0.15) is 0 Å². The summed E-state index contributed by atoms with van der Waals surface area (Å²) in [5.74, 6) is 0. The molecular weight excluding hydrogens is 280 g/mol. The summed E-state index contributed by atoms with van der Waals surface area (Å²) in [6.07, 6.45) is 0. The van der Waals surface area contributed by atoms with Crippen molar-refractivity contribution in [3.8, 4) is 0 Å². The van der Waals surface area contributed by atoms with Gasteiger partial charge in [-0.05, 0) is 34.1 Å². The van der Waals surface area contributed by atoms with Crippen LogP contribution < -0.4 is 5.59 Å². The van der Waals surface area contributed by atoms with Gasteiger partial charge in [0, 0.05) is 28.0 Å². The lowest BCUT2D eigenvalue weighted by Crippen LogP contribution is -2.34. The molecule has 0 bridgehead atoms. The van der Waals surface area contributed by atoms with Crippen LogP contribution in [-0.2, 0) is 7.05 Å². The van der Waals surface area contributed by atoms with Crippen molar-refractivity contribution >= 4 is 51.1 Å². The predicted octanol–water partition coefficient (Wildman–Crippen LogP) is 1.27. The van der Waals surface area contributed by atoms with Gasteiger partial charge in [-0.3, -0.25) is 0 Å².